The first-order valence-corrected chi connectivity index (χ1v) is 7.81. The van der Waals surface area contributed by atoms with Gasteiger partial charge in [-0.15, -0.1) is 12.4 Å². The molecule has 2 atom stereocenters. The summed E-state index contributed by atoms with van der Waals surface area (Å²) < 4.78 is 0. The summed E-state index contributed by atoms with van der Waals surface area (Å²) in [6.45, 7) is 2.31. The van der Waals surface area contributed by atoms with Crippen molar-refractivity contribution in [3.05, 3.63) is 35.9 Å². The molecule has 0 aromatic heterocycles. The molecule has 0 spiro atoms. The minimum atomic E-state index is -0.0815. The van der Waals surface area contributed by atoms with Crippen molar-refractivity contribution in [1.82, 2.24) is 4.90 Å². The van der Waals surface area contributed by atoms with E-state index in [1.165, 1.54) is 37.7 Å². The Labute approximate surface area is 128 Å². The van der Waals surface area contributed by atoms with Crippen LogP contribution >= 0.6 is 12.4 Å². The maximum Gasteiger partial charge on any atom is 0.0695 e. The second-order valence-electron chi connectivity index (χ2n) is 6.14. The Hall–Kier alpha value is -0.570. The van der Waals surface area contributed by atoms with Gasteiger partial charge >= 0.3 is 0 Å². The molecule has 2 nitrogen and oxygen atoms in total. The standard InChI is InChI=1S/C17H25NO.ClH/c19-17-9-5-4-8-16(17)18-12-10-15(11-13-18)14-6-2-1-3-7-14;/h1-3,6-7,15-17,19H,4-5,8-13H2;1H. The summed E-state index contributed by atoms with van der Waals surface area (Å²) in [5.41, 5.74) is 1.49. The molecule has 112 valence electrons. The van der Waals surface area contributed by atoms with E-state index in [4.69, 9.17) is 0 Å². The Balaban J connectivity index is 0.00000147. The number of aliphatic hydroxyl groups excluding tert-OH is 1. The molecule has 0 bridgehead atoms. The molecule has 1 heterocycles. The zero-order valence-corrected chi connectivity index (χ0v) is 12.9. The first-order valence-electron chi connectivity index (χ1n) is 7.81. The molecule has 1 aliphatic carbocycles. The van der Waals surface area contributed by atoms with Gasteiger partial charge in [0.25, 0.3) is 0 Å². The van der Waals surface area contributed by atoms with Gasteiger partial charge in [-0.2, -0.15) is 0 Å². The highest BCUT2D eigenvalue weighted by atomic mass is 35.5. The fourth-order valence-corrected chi connectivity index (χ4v) is 3.81. The second-order valence-corrected chi connectivity index (χ2v) is 6.14. The Morgan fingerprint density at radius 3 is 2.20 bits per heavy atom. The summed E-state index contributed by atoms with van der Waals surface area (Å²) in [6.07, 6.45) is 7.10. The molecular weight excluding hydrogens is 270 g/mol. The Morgan fingerprint density at radius 1 is 0.900 bits per heavy atom. The van der Waals surface area contributed by atoms with E-state index >= 15 is 0 Å². The lowest BCUT2D eigenvalue weighted by Gasteiger charge is -2.41. The van der Waals surface area contributed by atoms with Gasteiger partial charge in [0.2, 0.25) is 0 Å². The Bertz CT molecular complexity index is 389. The third kappa shape index (κ3) is 3.55. The molecule has 1 N–H and O–H groups in total. The minimum absolute atomic E-state index is 0. The molecule has 0 amide bonds. The van der Waals surface area contributed by atoms with Crippen LogP contribution in [0.4, 0.5) is 0 Å². The summed E-state index contributed by atoms with van der Waals surface area (Å²) in [7, 11) is 0. The van der Waals surface area contributed by atoms with Crippen molar-refractivity contribution in [1.29, 1.82) is 0 Å². The van der Waals surface area contributed by atoms with Crippen LogP contribution < -0.4 is 0 Å². The fraction of sp³-hybridized carbons (Fsp3) is 0.647. The maximum absolute atomic E-state index is 10.2. The smallest absolute Gasteiger partial charge is 0.0695 e. The maximum atomic E-state index is 10.2. The number of halogens is 1. The molecule has 0 radical (unpaired) electrons. The topological polar surface area (TPSA) is 23.5 Å². The van der Waals surface area contributed by atoms with Gasteiger partial charge in [-0.05, 0) is 50.3 Å². The quantitative estimate of drug-likeness (QED) is 0.901. The predicted octanol–water partition coefficient (Wildman–Crippen LogP) is 3.59. The number of benzene rings is 1. The van der Waals surface area contributed by atoms with Crippen LogP contribution in [0.5, 0.6) is 0 Å². The second kappa shape index (κ2) is 7.44. The minimum Gasteiger partial charge on any atom is -0.391 e. The zero-order valence-electron chi connectivity index (χ0n) is 12.1. The van der Waals surface area contributed by atoms with Crippen LogP contribution in [0, 0.1) is 0 Å². The molecule has 20 heavy (non-hydrogen) atoms. The van der Waals surface area contributed by atoms with Gasteiger partial charge in [-0.3, -0.25) is 4.90 Å². The summed E-state index contributed by atoms with van der Waals surface area (Å²) in [6, 6.07) is 11.3. The number of hydrogen-bond donors (Lipinski definition) is 1. The van der Waals surface area contributed by atoms with Crippen LogP contribution in [0.25, 0.3) is 0 Å². The largest absolute Gasteiger partial charge is 0.391 e. The van der Waals surface area contributed by atoms with Crippen LogP contribution in [0.3, 0.4) is 0 Å². The highest BCUT2D eigenvalue weighted by molar-refractivity contribution is 5.85. The number of piperidine rings is 1. The Morgan fingerprint density at radius 2 is 1.55 bits per heavy atom. The van der Waals surface area contributed by atoms with Gasteiger partial charge in [0.05, 0.1) is 6.10 Å². The summed E-state index contributed by atoms with van der Waals surface area (Å²) in [5.74, 6) is 0.721. The predicted molar refractivity (Wildman–Crippen MR) is 85.5 cm³/mol. The molecule has 2 fully saturated rings. The van der Waals surface area contributed by atoms with Crippen molar-refractivity contribution in [2.45, 2.75) is 56.6 Å². The molecule has 1 aliphatic heterocycles. The van der Waals surface area contributed by atoms with Gasteiger partial charge in [0.1, 0.15) is 0 Å². The lowest BCUT2D eigenvalue weighted by Crippen LogP contribution is -2.48. The van der Waals surface area contributed by atoms with E-state index in [0.29, 0.717) is 6.04 Å². The number of aliphatic hydroxyl groups is 1. The van der Waals surface area contributed by atoms with Crippen LogP contribution in [-0.4, -0.2) is 35.2 Å². The van der Waals surface area contributed by atoms with Gasteiger partial charge in [-0.1, -0.05) is 43.2 Å². The van der Waals surface area contributed by atoms with E-state index in [9.17, 15) is 5.11 Å². The van der Waals surface area contributed by atoms with Crippen LogP contribution in [0.15, 0.2) is 30.3 Å². The number of likely N-dealkylation sites (tertiary alicyclic amines) is 1. The lowest BCUT2D eigenvalue weighted by atomic mass is 9.86. The van der Waals surface area contributed by atoms with Crippen molar-refractivity contribution in [2.75, 3.05) is 13.1 Å². The third-order valence-electron chi connectivity index (χ3n) is 4.96. The van der Waals surface area contributed by atoms with Crippen LogP contribution in [0.2, 0.25) is 0 Å². The highest BCUT2D eigenvalue weighted by Crippen LogP contribution is 2.31. The van der Waals surface area contributed by atoms with E-state index in [2.05, 4.69) is 35.2 Å². The van der Waals surface area contributed by atoms with Crippen molar-refractivity contribution >= 4 is 12.4 Å². The van der Waals surface area contributed by atoms with E-state index in [1.54, 1.807) is 0 Å². The lowest BCUT2D eigenvalue weighted by molar-refractivity contribution is 0.00871. The van der Waals surface area contributed by atoms with E-state index in [0.717, 1.165) is 25.4 Å². The van der Waals surface area contributed by atoms with Crippen molar-refractivity contribution < 1.29 is 5.11 Å². The molecule has 1 aromatic carbocycles. The Kier molecular flexibility index (Phi) is 5.88. The summed E-state index contributed by atoms with van der Waals surface area (Å²) in [4.78, 5) is 2.54. The van der Waals surface area contributed by atoms with Crippen molar-refractivity contribution in [3.8, 4) is 0 Å². The van der Waals surface area contributed by atoms with Gasteiger partial charge < -0.3 is 5.11 Å². The average Bonchev–Trinajstić information content (AvgIpc) is 2.49. The van der Waals surface area contributed by atoms with Crippen LogP contribution in [-0.2, 0) is 0 Å². The SMILES string of the molecule is Cl.OC1CCCCC1N1CCC(c2ccccc2)CC1. The first-order chi connectivity index (χ1) is 9.34. The summed E-state index contributed by atoms with van der Waals surface area (Å²) in [5, 5.41) is 10.2. The van der Waals surface area contributed by atoms with E-state index in [1.807, 2.05) is 0 Å². The van der Waals surface area contributed by atoms with Gasteiger partial charge in [-0.25, -0.2) is 0 Å². The average molecular weight is 296 g/mol. The molecular formula is C17H26ClNO. The number of hydrogen-bond acceptors (Lipinski definition) is 2. The molecule has 3 heteroatoms. The van der Waals surface area contributed by atoms with Crippen molar-refractivity contribution in [2.24, 2.45) is 0 Å². The monoisotopic (exact) mass is 295 g/mol. The molecule has 1 saturated carbocycles. The summed E-state index contributed by atoms with van der Waals surface area (Å²) >= 11 is 0. The molecule has 2 aliphatic rings. The molecule has 1 aromatic rings. The zero-order chi connectivity index (χ0) is 13.1. The third-order valence-corrected chi connectivity index (χ3v) is 4.96. The fourth-order valence-electron chi connectivity index (χ4n) is 3.81. The molecule has 3 rings (SSSR count). The van der Waals surface area contributed by atoms with Gasteiger partial charge in [0, 0.05) is 6.04 Å². The molecule has 2 unspecified atom stereocenters. The van der Waals surface area contributed by atoms with Gasteiger partial charge in [0.15, 0.2) is 0 Å². The number of nitrogens with zero attached hydrogens (tertiary/aromatic N) is 1. The number of rotatable bonds is 2. The first kappa shape index (κ1) is 15.8. The molecule has 1 saturated heterocycles. The van der Waals surface area contributed by atoms with E-state index in [-0.39, 0.29) is 18.5 Å². The normalized spacial score (nSPS) is 28.9. The highest BCUT2D eigenvalue weighted by Gasteiger charge is 2.31. The van der Waals surface area contributed by atoms with Crippen molar-refractivity contribution in [3.63, 3.8) is 0 Å². The van der Waals surface area contributed by atoms with Crippen LogP contribution in [0.1, 0.15) is 50.0 Å². The van der Waals surface area contributed by atoms with E-state index < -0.39 is 0 Å².